The summed E-state index contributed by atoms with van der Waals surface area (Å²) in [6.07, 6.45) is 6.25. The summed E-state index contributed by atoms with van der Waals surface area (Å²) in [6, 6.07) is 8.50. The summed E-state index contributed by atoms with van der Waals surface area (Å²) in [6.45, 7) is 5.13. The molecule has 3 amide bonds. The predicted molar refractivity (Wildman–Crippen MR) is 132 cm³/mol. The van der Waals surface area contributed by atoms with Gasteiger partial charge in [0.15, 0.2) is 0 Å². The van der Waals surface area contributed by atoms with Gasteiger partial charge in [-0.1, -0.05) is 44.4 Å². The number of anilines is 1. The highest BCUT2D eigenvalue weighted by atomic mass is 16.5. The number of hydrogen-bond acceptors (Lipinski definition) is 5. The molecule has 1 spiro atoms. The molecule has 3 aliphatic rings. The molecule has 4 rings (SSSR count). The van der Waals surface area contributed by atoms with E-state index in [4.69, 9.17) is 9.84 Å². The van der Waals surface area contributed by atoms with Crippen LogP contribution >= 0.6 is 0 Å². The van der Waals surface area contributed by atoms with E-state index in [2.05, 4.69) is 17.6 Å². The van der Waals surface area contributed by atoms with E-state index in [-0.39, 0.29) is 24.3 Å². The third kappa shape index (κ3) is 4.70. The lowest BCUT2D eigenvalue weighted by Gasteiger charge is -2.33. The largest absolute Gasteiger partial charge is 0.396 e. The number of amides is 3. The van der Waals surface area contributed by atoms with Crippen molar-refractivity contribution in [2.45, 2.75) is 82.5 Å². The Hall–Kier alpha value is -2.45. The van der Waals surface area contributed by atoms with E-state index >= 15 is 0 Å². The quantitative estimate of drug-likeness (QED) is 0.395. The maximum atomic E-state index is 13.9. The summed E-state index contributed by atoms with van der Waals surface area (Å²) in [5.74, 6) is -1.90. The number of hydrogen-bond donors (Lipinski definition) is 3. The van der Waals surface area contributed by atoms with E-state index in [0.717, 1.165) is 38.5 Å². The number of nitrogens with zero attached hydrogens (tertiary/aromatic N) is 1. The number of likely N-dealkylation sites (tertiary alicyclic amines) is 1. The van der Waals surface area contributed by atoms with Crippen LogP contribution in [0.5, 0.6) is 0 Å². The number of fused-ring (bicyclic) bond motifs is 1. The maximum Gasteiger partial charge on any atom is 0.245 e. The van der Waals surface area contributed by atoms with E-state index < -0.39 is 29.1 Å². The minimum atomic E-state index is -0.980. The lowest BCUT2D eigenvalue weighted by molar-refractivity contribution is -0.145. The van der Waals surface area contributed by atoms with Crippen LogP contribution in [0.3, 0.4) is 0 Å². The van der Waals surface area contributed by atoms with Gasteiger partial charge >= 0.3 is 0 Å². The molecule has 3 saturated heterocycles. The molecule has 192 valence electrons. The Kier molecular flexibility index (Phi) is 7.81. The molecule has 3 aliphatic heterocycles. The second kappa shape index (κ2) is 10.7. The van der Waals surface area contributed by atoms with Gasteiger partial charge in [0.05, 0.1) is 17.4 Å². The molecule has 1 aromatic rings. The Balaban J connectivity index is 1.60. The first-order chi connectivity index (χ1) is 16.9. The molecular weight excluding hydrogens is 446 g/mol. The number of aliphatic hydroxyl groups excluding tert-OH is 1. The summed E-state index contributed by atoms with van der Waals surface area (Å²) >= 11 is 0. The predicted octanol–water partition coefficient (Wildman–Crippen LogP) is 2.86. The number of carbonyl (C=O) groups excluding carboxylic acids is 3. The Morgan fingerprint density at radius 1 is 1.09 bits per heavy atom. The first kappa shape index (κ1) is 25.6. The first-order valence-corrected chi connectivity index (χ1v) is 13.1. The average Bonchev–Trinajstić information content (AvgIpc) is 3.40. The number of rotatable bonds is 12. The molecule has 0 radical (unpaired) electrons. The monoisotopic (exact) mass is 485 g/mol. The van der Waals surface area contributed by atoms with Crippen molar-refractivity contribution in [3.05, 3.63) is 30.3 Å². The minimum Gasteiger partial charge on any atom is -0.396 e. The van der Waals surface area contributed by atoms with Gasteiger partial charge in [-0.2, -0.15) is 0 Å². The summed E-state index contributed by atoms with van der Waals surface area (Å²) in [7, 11) is 0. The van der Waals surface area contributed by atoms with E-state index in [0.29, 0.717) is 31.6 Å². The van der Waals surface area contributed by atoms with Gasteiger partial charge in [-0.05, 0) is 51.2 Å². The van der Waals surface area contributed by atoms with Crippen LogP contribution in [-0.2, 0) is 19.1 Å². The van der Waals surface area contributed by atoms with Crippen molar-refractivity contribution in [1.82, 2.24) is 10.2 Å². The van der Waals surface area contributed by atoms with Crippen LogP contribution in [0.25, 0.3) is 0 Å². The molecule has 8 nitrogen and oxygen atoms in total. The SMILES string of the molecule is CCCCNC(=O)C1N(CCCCCCO)C(=O)[C@@H]2[C@H](C(=O)Nc3ccccc3)[C@]3(C)CCC12O3. The first-order valence-electron chi connectivity index (χ1n) is 13.1. The summed E-state index contributed by atoms with van der Waals surface area (Å²) in [4.78, 5) is 42.6. The number of ether oxygens (including phenoxy) is 1. The van der Waals surface area contributed by atoms with E-state index in [1.54, 1.807) is 4.90 Å². The molecule has 0 aromatic heterocycles. The normalized spacial score (nSPS) is 31.0. The Labute approximate surface area is 207 Å². The van der Waals surface area contributed by atoms with Gasteiger partial charge in [0.2, 0.25) is 17.7 Å². The summed E-state index contributed by atoms with van der Waals surface area (Å²) in [5.41, 5.74) is -1.08. The number of unbranched alkanes of at least 4 members (excludes halogenated alkanes) is 4. The molecule has 0 saturated carbocycles. The van der Waals surface area contributed by atoms with Gasteiger partial charge in [0.1, 0.15) is 11.6 Å². The van der Waals surface area contributed by atoms with Crippen LogP contribution in [0.15, 0.2) is 30.3 Å². The van der Waals surface area contributed by atoms with Crippen molar-refractivity contribution < 1.29 is 24.2 Å². The van der Waals surface area contributed by atoms with Crippen LogP contribution in [-0.4, -0.2) is 64.7 Å². The zero-order valence-electron chi connectivity index (χ0n) is 20.9. The van der Waals surface area contributed by atoms with E-state index in [1.807, 2.05) is 37.3 Å². The van der Waals surface area contributed by atoms with Gasteiger partial charge < -0.3 is 25.4 Å². The van der Waals surface area contributed by atoms with E-state index in [1.165, 1.54) is 0 Å². The average molecular weight is 486 g/mol. The van der Waals surface area contributed by atoms with Crippen molar-refractivity contribution in [2.75, 3.05) is 25.0 Å². The standard InChI is InChI=1S/C27H39N3O5/c1-3-4-16-28-24(33)22-27-15-14-26(2,35-27)20(23(32)29-19-12-8-7-9-13-19)21(27)25(34)30(22)17-10-5-6-11-18-31/h7-9,12-13,20-22,31H,3-6,10-11,14-18H2,1-2H3,(H,28,33)(H,29,32)/t20-,21+,22?,26+,27?/m1/s1. The second-order valence-electron chi connectivity index (χ2n) is 10.4. The van der Waals surface area contributed by atoms with E-state index in [9.17, 15) is 14.4 Å². The molecule has 8 heteroatoms. The number of nitrogens with one attached hydrogen (secondary N) is 2. The van der Waals surface area contributed by atoms with Gasteiger partial charge in [0, 0.05) is 25.4 Å². The molecule has 2 bridgehead atoms. The molecule has 2 unspecified atom stereocenters. The zero-order chi connectivity index (χ0) is 25.1. The molecule has 5 atom stereocenters. The number of carbonyl (C=O) groups is 3. The molecule has 3 heterocycles. The van der Waals surface area contributed by atoms with Crippen LogP contribution in [0.4, 0.5) is 5.69 Å². The molecule has 0 aliphatic carbocycles. The molecule has 3 fully saturated rings. The van der Waals surface area contributed by atoms with Crippen LogP contribution in [0, 0.1) is 11.8 Å². The summed E-state index contributed by atoms with van der Waals surface area (Å²) in [5, 5.41) is 15.1. The lowest BCUT2D eigenvalue weighted by Crippen LogP contribution is -2.55. The van der Waals surface area contributed by atoms with Gasteiger partial charge in [-0.15, -0.1) is 0 Å². The van der Waals surface area contributed by atoms with Crippen molar-refractivity contribution in [2.24, 2.45) is 11.8 Å². The van der Waals surface area contributed by atoms with Crippen LogP contribution < -0.4 is 10.6 Å². The van der Waals surface area contributed by atoms with Crippen molar-refractivity contribution in [1.29, 1.82) is 0 Å². The lowest BCUT2D eigenvalue weighted by atomic mass is 9.66. The third-order valence-electron chi connectivity index (χ3n) is 7.99. The number of para-hydroxylation sites is 1. The summed E-state index contributed by atoms with van der Waals surface area (Å²) < 4.78 is 6.61. The highest BCUT2D eigenvalue weighted by Crippen LogP contribution is 2.63. The van der Waals surface area contributed by atoms with Gasteiger partial charge in [-0.25, -0.2) is 0 Å². The van der Waals surface area contributed by atoms with Crippen LogP contribution in [0.1, 0.15) is 65.2 Å². The van der Waals surface area contributed by atoms with Crippen molar-refractivity contribution >= 4 is 23.4 Å². The van der Waals surface area contributed by atoms with Crippen LogP contribution in [0.2, 0.25) is 0 Å². The molecule has 1 aromatic carbocycles. The highest BCUT2D eigenvalue weighted by molar-refractivity contribution is 6.02. The topological polar surface area (TPSA) is 108 Å². The number of benzene rings is 1. The van der Waals surface area contributed by atoms with Crippen molar-refractivity contribution in [3.8, 4) is 0 Å². The fourth-order valence-corrected chi connectivity index (χ4v) is 6.34. The smallest absolute Gasteiger partial charge is 0.245 e. The fourth-order valence-electron chi connectivity index (χ4n) is 6.34. The highest BCUT2D eigenvalue weighted by Gasteiger charge is 2.77. The van der Waals surface area contributed by atoms with Gasteiger partial charge in [-0.3, -0.25) is 14.4 Å². The minimum absolute atomic E-state index is 0.153. The van der Waals surface area contributed by atoms with Gasteiger partial charge in [0.25, 0.3) is 0 Å². The van der Waals surface area contributed by atoms with Crippen molar-refractivity contribution in [3.63, 3.8) is 0 Å². The zero-order valence-corrected chi connectivity index (χ0v) is 20.9. The molecular formula is C27H39N3O5. The Morgan fingerprint density at radius 3 is 2.54 bits per heavy atom. The molecule has 35 heavy (non-hydrogen) atoms. The second-order valence-corrected chi connectivity index (χ2v) is 10.4. The Morgan fingerprint density at radius 2 is 1.83 bits per heavy atom. The third-order valence-corrected chi connectivity index (χ3v) is 7.99. The number of aliphatic hydroxyl groups is 1. The maximum absolute atomic E-state index is 13.9. The Bertz CT molecular complexity index is 925. The fraction of sp³-hybridized carbons (Fsp3) is 0.667. The molecule has 3 N–H and O–H groups in total.